The van der Waals surface area contributed by atoms with E-state index in [4.69, 9.17) is 19.3 Å². The summed E-state index contributed by atoms with van der Waals surface area (Å²) in [5.74, 6) is 5.93. The van der Waals surface area contributed by atoms with Crippen molar-refractivity contribution < 1.29 is 14.2 Å². The second-order valence-corrected chi connectivity index (χ2v) is 44.7. The van der Waals surface area contributed by atoms with E-state index in [1.54, 1.807) is 0 Å². The molecule has 125 heavy (non-hydrogen) atoms. The molecule has 0 bridgehead atoms. The van der Waals surface area contributed by atoms with Gasteiger partial charge in [-0.15, -0.1) is 0 Å². The predicted octanol–water partition coefficient (Wildman–Crippen LogP) is 23.5. The highest BCUT2D eigenvalue weighted by Gasteiger charge is 2.50. The maximum absolute atomic E-state index is 6.29. The zero-order chi connectivity index (χ0) is 90.7. The highest BCUT2D eigenvalue weighted by molar-refractivity contribution is 5.27. The van der Waals surface area contributed by atoms with E-state index in [-0.39, 0.29) is 16.8 Å². The lowest BCUT2D eigenvalue weighted by atomic mass is 9.72. The number of H-pyrrole nitrogens is 4. The van der Waals surface area contributed by atoms with Gasteiger partial charge in [-0.2, -0.15) is 25.5 Å². The van der Waals surface area contributed by atoms with Gasteiger partial charge in [0.25, 0.3) is 0 Å². The normalized spacial score (nSPS) is 25.8. The van der Waals surface area contributed by atoms with E-state index in [2.05, 4.69) is 255 Å². The number of unbranched alkanes of at least 4 members (excludes halogenated alkanes) is 3. The molecule has 8 heterocycles. The molecule has 8 fully saturated rings. The number of ether oxygens (including phenoxy) is 3. The summed E-state index contributed by atoms with van der Waals surface area (Å²) in [6.45, 7) is 59.2. The van der Waals surface area contributed by atoms with Crippen LogP contribution < -0.4 is 0 Å². The van der Waals surface area contributed by atoms with Crippen molar-refractivity contribution in [2.24, 2.45) is 47.0 Å². The Labute approximate surface area is 763 Å². The molecule has 0 atom stereocenters. The van der Waals surface area contributed by atoms with Crippen LogP contribution in [0.2, 0.25) is 0 Å². The molecule has 4 N–H and O–H groups in total. The maximum atomic E-state index is 6.29. The monoisotopic (exact) mass is 1730 g/mol. The molecular formula is C105H187N17O3. The molecular weight excluding hydrogens is 1550 g/mol. The fourth-order valence-electron chi connectivity index (χ4n) is 22.6. The van der Waals surface area contributed by atoms with Crippen LogP contribution in [0.5, 0.6) is 0 Å². The van der Waals surface area contributed by atoms with Gasteiger partial charge >= 0.3 is 0 Å². The Bertz CT molecular complexity index is 3660. The molecule has 5 aliphatic carbocycles. The van der Waals surface area contributed by atoms with Crippen LogP contribution in [0.4, 0.5) is 0 Å². The van der Waals surface area contributed by atoms with Crippen LogP contribution in [0.25, 0.3) is 0 Å². The van der Waals surface area contributed by atoms with E-state index < -0.39 is 0 Å². The van der Waals surface area contributed by atoms with Gasteiger partial charge < -0.3 is 48.5 Å². The average Bonchev–Trinajstić information content (AvgIpc) is 1.63. The summed E-state index contributed by atoms with van der Waals surface area (Å²) < 4.78 is 20.8. The summed E-state index contributed by atoms with van der Waals surface area (Å²) in [6.07, 6.45) is 51.0. The van der Waals surface area contributed by atoms with E-state index in [0.29, 0.717) is 57.7 Å². The molecule has 0 aromatic carbocycles. The topological polar surface area (TPSA) is 183 Å². The zero-order valence-corrected chi connectivity index (χ0v) is 84.5. The van der Waals surface area contributed by atoms with Gasteiger partial charge in [-0.1, -0.05) is 136 Å². The van der Waals surface area contributed by atoms with Gasteiger partial charge in [0.2, 0.25) is 0 Å². The summed E-state index contributed by atoms with van der Waals surface area (Å²) in [4.78, 5) is 16.9. The Kier molecular flexibility index (Phi) is 40.9. The number of aromatic amines is 4. The Morgan fingerprint density at radius 1 is 0.384 bits per heavy atom. The highest BCUT2D eigenvalue weighted by atomic mass is 16.5. The fraction of sp³-hybridized carbons (Fsp3) is 0.819. The Balaban J connectivity index is 0.000000177. The third kappa shape index (κ3) is 31.8. The number of nitrogens with one attached hydrogen (secondary N) is 4. The molecule has 710 valence electrons. The molecule has 0 amide bonds. The number of aromatic nitrogens is 10. The maximum Gasteiger partial charge on any atom is 0.0700 e. The largest absolute Gasteiger partial charge is 0.378 e. The van der Waals surface area contributed by atoms with Crippen molar-refractivity contribution in [3.63, 3.8) is 0 Å². The third-order valence-electron chi connectivity index (χ3n) is 29.9. The van der Waals surface area contributed by atoms with Crippen LogP contribution in [-0.2, 0) is 54.0 Å². The SMILES string of the molecule is C=C(C1CCC(c2[nH]ncc2CN(C)CCCC)CC1)N(C)CCC(C)C.C=C(C1CCC(c2[nH]ncc2CN(C)CCCC)CC1)N(C)CCC(C)C.CCCCN(C)Cc1cn(C)nc1C1CCC2(CC1)CC(C)(C)CO2.CCCN(C)Cc1cn[nH]c1C1CCC2(CC1)CC(C)(C)CO2.CCCN(C)Cc1cn[nH]c1C1CCC2(CC1)CC(C)(C)CO2. The minimum atomic E-state index is 0.160. The number of hydrogen-bond donors (Lipinski definition) is 4. The molecule has 3 spiro atoms. The summed E-state index contributed by atoms with van der Waals surface area (Å²) >= 11 is 0. The second-order valence-electron chi connectivity index (χ2n) is 44.7. The van der Waals surface area contributed by atoms with Crippen molar-refractivity contribution >= 4 is 0 Å². The molecule has 3 aliphatic heterocycles. The smallest absolute Gasteiger partial charge is 0.0700 e. The third-order valence-corrected chi connectivity index (χ3v) is 29.9. The van der Waals surface area contributed by atoms with Gasteiger partial charge in [-0.05, 0) is 301 Å². The van der Waals surface area contributed by atoms with Crippen LogP contribution >= 0.6 is 0 Å². The molecule has 3 saturated heterocycles. The van der Waals surface area contributed by atoms with Crippen LogP contribution in [-0.4, -0.2) is 217 Å². The first-order valence-electron chi connectivity index (χ1n) is 50.8. The number of allylic oxidation sites excluding steroid dienone is 2. The van der Waals surface area contributed by atoms with E-state index >= 15 is 0 Å². The highest BCUT2D eigenvalue weighted by Crippen LogP contribution is 2.54. The summed E-state index contributed by atoms with van der Waals surface area (Å²) in [5.41, 5.74) is 18.1. The van der Waals surface area contributed by atoms with Gasteiger partial charge in [0, 0.05) is 165 Å². The number of aryl methyl sites for hydroxylation is 1. The van der Waals surface area contributed by atoms with Crippen LogP contribution in [0.1, 0.15) is 402 Å². The fourth-order valence-corrected chi connectivity index (χ4v) is 22.6. The van der Waals surface area contributed by atoms with Crippen molar-refractivity contribution in [2.45, 2.75) is 395 Å². The van der Waals surface area contributed by atoms with Gasteiger partial charge in [-0.25, -0.2) is 0 Å². The zero-order valence-electron chi connectivity index (χ0n) is 84.5. The minimum Gasteiger partial charge on any atom is -0.378 e. The van der Waals surface area contributed by atoms with Gasteiger partial charge in [0.05, 0.1) is 67.1 Å². The van der Waals surface area contributed by atoms with Crippen molar-refractivity contribution in [1.82, 2.24) is 84.9 Å². The van der Waals surface area contributed by atoms with Crippen LogP contribution in [0.3, 0.4) is 0 Å². The summed E-state index contributed by atoms with van der Waals surface area (Å²) in [6, 6.07) is 0. The van der Waals surface area contributed by atoms with Crippen molar-refractivity contribution in [2.75, 3.05) is 115 Å². The lowest BCUT2D eigenvalue weighted by Crippen LogP contribution is -2.33. The van der Waals surface area contributed by atoms with Crippen molar-refractivity contribution in [3.05, 3.63) is 112 Å². The Morgan fingerprint density at radius 3 is 0.920 bits per heavy atom. The number of hydrogen-bond acceptors (Lipinski definition) is 15. The second kappa shape index (κ2) is 49.3. The summed E-state index contributed by atoms with van der Waals surface area (Å²) in [7, 11) is 17.6. The van der Waals surface area contributed by atoms with Crippen LogP contribution in [0.15, 0.2) is 55.5 Å². The Morgan fingerprint density at radius 2 is 0.656 bits per heavy atom. The standard InChI is InChI=1S/2C23H42N4.C21H37N3O.2C19H33N3O/c2*1-7-8-14-26(5)17-22-16-24-25-23(22)21-11-9-20(10-12-21)19(4)27(6)15-13-18(2)3;1-6-7-12-23(4)13-18-14-24(5)22-19(18)17-8-10-21(11-9-17)15-20(2,3)16-25-21;2*1-5-10-22(4)12-16-11-20-21-17(16)15-6-8-19(9-7-15)13-18(2,3)14-23-19/h2*16,18,20-21H,4,7-15,17H2,1-3,5-6H3,(H,24,25);14,17H,6-13,15-16H2,1-5H3;2*11,15H,5-10,12-14H2,1-4H3,(H,20,21). The molecule has 5 saturated carbocycles. The lowest BCUT2D eigenvalue weighted by molar-refractivity contribution is -0.0298. The molecule has 20 nitrogen and oxygen atoms in total. The van der Waals surface area contributed by atoms with E-state index in [1.807, 2.05) is 29.5 Å². The Hall–Kier alpha value is -5.19. The number of rotatable bonds is 38. The first kappa shape index (κ1) is 104. The van der Waals surface area contributed by atoms with E-state index in [9.17, 15) is 0 Å². The average molecular weight is 1740 g/mol. The van der Waals surface area contributed by atoms with Crippen molar-refractivity contribution in [1.29, 1.82) is 0 Å². The first-order valence-corrected chi connectivity index (χ1v) is 50.8. The van der Waals surface area contributed by atoms with Gasteiger partial charge in [0.1, 0.15) is 0 Å². The number of nitrogens with zero attached hydrogens (tertiary/aromatic N) is 13. The molecule has 5 aromatic rings. The van der Waals surface area contributed by atoms with Crippen LogP contribution in [0, 0.1) is 39.9 Å². The molecule has 5 aromatic heterocycles. The minimum absolute atomic E-state index is 0.160. The van der Waals surface area contributed by atoms with E-state index in [1.165, 1.54) is 286 Å². The predicted molar refractivity (Wildman–Crippen MR) is 521 cm³/mol. The summed E-state index contributed by atoms with van der Waals surface area (Å²) in [5, 5.41) is 35.5. The molecule has 8 aliphatic rings. The van der Waals surface area contributed by atoms with E-state index in [0.717, 1.165) is 104 Å². The molecule has 0 radical (unpaired) electrons. The van der Waals surface area contributed by atoms with Crippen molar-refractivity contribution in [3.8, 4) is 0 Å². The molecule has 13 rings (SSSR count). The quantitative estimate of drug-likeness (QED) is 0.0293. The first-order chi connectivity index (χ1) is 59.5. The van der Waals surface area contributed by atoms with Gasteiger partial charge in [-0.3, -0.25) is 25.1 Å². The van der Waals surface area contributed by atoms with Gasteiger partial charge in [0.15, 0.2) is 0 Å². The molecule has 0 unspecified atom stereocenters. The lowest BCUT2D eigenvalue weighted by Gasteiger charge is -2.37. The molecule has 20 heteroatoms.